The highest BCUT2D eigenvalue weighted by Crippen LogP contribution is 2.16. The van der Waals surface area contributed by atoms with Gasteiger partial charge in [0, 0.05) is 4.47 Å². The maximum Gasteiger partial charge on any atom is 0.352 e. The Morgan fingerprint density at radius 3 is 2.75 bits per heavy atom. The van der Waals surface area contributed by atoms with Crippen molar-refractivity contribution >= 4 is 33.4 Å². The molecule has 0 spiro atoms. The van der Waals surface area contributed by atoms with Gasteiger partial charge in [-0.15, -0.1) is 5.10 Å². The van der Waals surface area contributed by atoms with Crippen LogP contribution in [0.3, 0.4) is 0 Å². The van der Waals surface area contributed by atoms with Crippen molar-refractivity contribution in [1.82, 2.24) is 9.59 Å². The second-order valence-electron chi connectivity index (χ2n) is 3.84. The summed E-state index contributed by atoms with van der Waals surface area (Å²) in [5.41, 5.74) is 0.675. The van der Waals surface area contributed by atoms with Crippen molar-refractivity contribution in [3.05, 3.63) is 39.3 Å². The molecule has 0 bridgehead atoms. The van der Waals surface area contributed by atoms with Crippen LogP contribution >= 0.6 is 27.5 Å². The van der Waals surface area contributed by atoms with Crippen LogP contribution in [0, 0.1) is 0 Å². The molecule has 0 saturated carbocycles. The summed E-state index contributed by atoms with van der Waals surface area (Å²) in [6.45, 7) is 2.42. The van der Waals surface area contributed by atoms with Crippen LogP contribution in [0.2, 0.25) is 0 Å². The first-order chi connectivity index (χ1) is 9.70. The molecule has 2 rings (SSSR count). The van der Waals surface area contributed by atoms with Crippen LogP contribution in [0.4, 0.5) is 0 Å². The molecule has 7 heteroatoms. The quantitative estimate of drug-likeness (QED) is 0.587. The Hall–Kier alpha value is -1.47. The van der Waals surface area contributed by atoms with Gasteiger partial charge >= 0.3 is 5.97 Å². The summed E-state index contributed by atoms with van der Waals surface area (Å²) < 4.78 is 15.3. The average molecular weight is 357 g/mol. The molecule has 0 atom stereocenters. The first-order valence-corrected chi connectivity index (χ1v) is 7.64. The van der Waals surface area contributed by atoms with E-state index >= 15 is 0 Å². The summed E-state index contributed by atoms with van der Waals surface area (Å²) in [6.07, 6.45) is 0.663. The normalized spacial score (nSPS) is 10.3. The molecule has 0 unspecified atom stereocenters. The highest BCUT2D eigenvalue weighted by atomic mass is 79.9. The predicted octanol–water partition coefficient (Wildman–Crippen LogP) is 3.10. The fraction of sp³-hybridized carbons (Fsp3) is 0.308. The predicted molar refractivity (Wildman–Crippen MR) is 79.2 cm³/mol. The average Bonchev–Trinajstić information content (AvgIpc) is 2.94. The molecule has 0 radical (unpaired) electrons. The van der Waals surface area contributed by atoms with Crippen molar-refractivity contribution < 1.29 is 14.3 Å². The number of carbonyl (C=O) groups is 1. The molecule has 0 aliphatic heterocycles. The van der Waals surface area contributed by atoms with Crippen LogP contribution in [-0.4, -0.2) is 28.8 Å². The number of halogens is 1. The monoisotopic (exact) mass is 356 g/mol. The van der Waals surface area contributed by atoms with Gasteiger partial charge in [-0.2, -0.15) is 0 Å². The number of benzene rings is 1. The number of carbonyl (C=O) groups excluding carboxylic acids is 1. The zero-order chi connectivity index (χ0) is 14.4. The summed E-state index contributed by atoms with van der Waals surface area (Å²) >= 11 is 4.40. The summed E-state index contributed by atoms with van der Waals surface area (Å²) in [5.74, 6) is 0.342. The molecule has 0 saturated heterocycles. The van der Waals surface area contributed by atoms with Gasteiger partial charge in [0.1, 0.15) is 19.0 Å². The van der Waals surface area contributed by atoms with Crippen molar-refractivity contribution in [2.75, 3.05) is 13.2 Å². The third kappa shape index (κ3) is 4.01. The van der Waals surface area contributed by atoms with Gasteiger partial charge in [0.2, 0.25) is 0 Å². The van der Waals surface area contributed by atoms with Crippen LogP contribution in [0.5, 0.6) is 5.75 Å². The van der Waals surface area contributed by atoms with E-state index in [4.69, 9.17) is 9.47 Å². The lowest BCUT2D eigenvalue weighted by Crippen LogP contribution is -2.12. The lowest BCUT2D eigenvalue weighted by atomic mass is 10.3. The molecule has 1 aromatic heterocycles. The molecule has 0 N–H and O–H groups in total. The second kappa shape index (κ2) is 7.35. The Morgan fingerprint density at radius 1 is 1.30 bits per heavy atom. The van der Waals surface area contributed by atoms with Crippen molar-refractivity contribution in [3.8, 4) is 5.75 Å². The van der Waals surface area contributed by atoms with Crippen LogP contribution < -0.4 is 4.74 Å². The van der Waals surface area contributed by atoms with E-state index in [1.807, 2.05) is 31.2 Å². The Kier molecular flexibility index (Phi) is 5.49. The molecule has 0 aliphatic rings. The fourth-order valence-corrected chi connectivity index (χ4v) is 2.39. The number of rotatable bonds is 6. The van der Waals surface area contributed by atoms with Crippen molar-refractivity contribution in [1.29, 1.82) is 0 Å². The van der Waals surface area contributed by atoms with E-state index in [0.29, 0.717) is 23.6 Å². The van der Waals surface area contributed by atoms with E-state index in [1.54, 1.807) is 0 Å². The van der Waals surface area contributed by atoms with E-state index in [-0.39, 0.29) is 6.61 Å². The molecule has 2 aromatic rings. The van der Waals surface area contributed by atoms with Gasteiger partial charge in [-0.1, -0.05) is 27.3 Å². The number of aryl methyl sites for hydroxylation is 1. The van der Waals surface area contributed by atoms with Gasteiger partial charge in [-0.25, -0.2) is 4.79 Å². The highest BCUT2D eigenvalue weighted by molar-refractivity contribution is 9.10. The molecule has 0 aliphatic carbocycles. The van der Waals surface area contributed by atoms with E-state index < -0.39 is 5.97 Å². The van der Waals surface area contributed by atoms with Crippen LogP contribution in [0.25, 0.3) is 0 Å². The lowest BCUT2D eigenvalue weighted by Gasteiger charge is -2.07. The molecule has 5 nitrogen and oxygen atoms in total. The lowest BCUT2D eigenvalue weighted by molar-refractivity contribution is 0.0454. The number of hydrogen-bond acceptors (Lipinski definition) is 6. The summed E-state index contributed by atoms with van der Waals surface area (Å²) in [7, 11) is 0. The van der Waals surface area contributed by atoms with Crippen LogP contribution in [0.15, 0.2) is 28.7 Å². The second-order valence-corrected chi connectivity index (χ2v) is 5.51. The summed E-state index contributed by atoms with van der Waals surface area (Å²) in [5, 5.41) is 3.87. The van der Waals surface area contributed by atoms with Gasteiger partial charge in [0.05, 0.1) is 5.69 Å². The minimum atomic E-state index is -0.392. The maximum atomic E-state index is 11.8. The van der Waals surface area contributed by atoms with Crippen molar-refractivity contribution in [3.63, 3.8) is 0 Å². The molecular weight excluding hydrogens is 344 g/mol. The first-order valence-electron chi connectivity index (χ1n) is 6.07. The SMILES string of the molecule is CCc1nnsc1C(=O)OCCOc1ccc(Br)cc1. The van der Waals surface area contributed by atoms with Gasteiger partial charge in [0.15, 0.2) is 4.88 Å². The highest BCUT2D eigenvalue weighted by Gasteiger charge is 2.16. The molecule has 20 heavy (non-hydrogen) atoms. The zero-order valence-electron chi connectivity index (χ0n) is 10.8. The third-order valence-corrected chi connectivity index (χ3v) is 3.75. The number of ether oxygens (including phenoxy) is 2. The first kappa shape index (κ1) is 14.9. The molecule has 1 aromatic carbocycles. The summed E-state index contributed by atoms with van der Waals surface area (Å²) in [4.78, 5) is 12.3. The number of esters is 1. The molecule has 106 valence electrons. The molecule has 0 fully saturated rings. The van der Waals surface area contributed by atoms with Crippen molar-refractivity contribution in [2.24, 2.45) is 0 Å². The number of hydrogen-bond donors (Lipinski definition) is 0. The number of nitrogens with zero attached hydrogens (tertiary/aromatic N) is 2. The third-order valence-electron chi connectivity index (χ3n) is 2.47. The topological polar surface area (TPSA) is 61.3 Å². The maximum absolute atomic E-state index is 11.8. The van der Waals surface area contributed by atoms with E-state index in [9.17, 15) is 4.79 Å². The zero-order valence-corrected chi connectivity index (χ0v) is 13.2. The van der Waals surface area contributed by atoms with Crippen LogP contribution in [0.1, 0.15) is 22.3 Å². The fourth-order valence-electron chi connectivity index (χ4n) is 1.49. The summed E-state index contributed by atoms with van der Waals surface area (Å²) in [6, 6.07) is 7.46. The van der Waals surface area contributed by atoms with Gasteiger partial charge in [-0.3, -0.25) is 0 Å². The minimum Gasteiger partial charge on any atom is -0.490 e. The van der Waals surface area contributed by atoms with E-state index in [1.165, 1.54) is 0 Å². The van der Waals surface area contributed by atoms with E-state index in [2.05, 4.69) is 25.5 Å². The Morgan fingerprint density at radius 2 is 2.05 bits per heavy atom. The Balaban J connectivity index is 1.76. The van der Waals surface area contributed by atoms with Crippen molar-refractivity contribution in [2.45, 2.75) is 13.3 Å². The molecule has 1 heterocycles. The Labute approximate surface area is 129 Å². The molecular formula is C13H13BrN2O3S. The Bertz CT molecular complexity index is 571. The van der Waals surface area contributed by atoms with Gasteiger partial charge in [-0.05, 0) is 42.2 Å². The molecule has 0 amide bonds. The minimum absolute atomic E-state index is 0.190. The smallest absolute Gasteiger partial charge is 0.352 e. The number of aromatic nitrogens is 2. The van der Waals surface area contributed by atoms with Crippen LogP contribution in [-0.2, 0) is 11.2 Å². The van der Waals surface area contributed by atoms with Gasteiger partial charge in [0.25, 0.3) is 0 Å². The largest absolute Gasteiger partial charge is 0.490 e. The standard InChI is InChI=1S/C13H13BrN2O3S/c1-2-11-12(20-16-15-11)13(17)19-8-7-18-10-5-3-9(14)4-6-10/h3-6H,2,7-8H2,1H3. The van der Waals surface area contributed by atoms with E-state index in [0.717, 1.165) is 21.8 Å². The van der Waals surface area contributed by atoms with Gasteiger partial charge < -0.3 is 9.47 Å².